The van der Waals surface area contributed by atoms with Gasteiger partial charge >= 0.3 is 0 Å². The minimum atomic E-state index is -0.0151. The quantitative estimate of drug-likeness (QED) is 0.647. The third-order valence-electron chi connectivity index (χ3n) is 4.89. The Hall–Kier alpha value is -2.42. The summed E-state index contributed by atoms with van der Waals surface area (Å²) in [5.41, 5.74) is 4.04. The minimum absolute atomic E-state index is 0.0151. The van der Waals surface area contributed by atoms with E-state index in [-0.39, 0.29) is 11.8 Å². The van der Waals surface area contributed by atoms with Crippen LogP contribution in [-0.4, -0.2) is 36.0 Å². The summed E-state index contributed by atoms with van der Waals surface area (Å²) in [5, 5.41) is 6.34. The number of hydrogen-bond donors (Lipinski definition) is 1. The molecule has 0 radical (unpaired) electrons. The lowest BCUT2D eigenvalue weighted by Gasteiger charge is -2.41. The number of amides is 1. The van der Waals surface area contributed by atoms with Crippen molar-refractivity contribution in [2.45, 2.75) is 11.1 Å². The number of nitrogens with zero attached hydrogens (tertiary/aromatic N) is 4. The summed E-state index contributed by atoms with van der Waals surface area (Å²) in [6, 6.07) is 14.2. The molecule has 1 amide bonds. The number of pyridine rings is 1. The normalized spacial score (nSPS) is 14.0. The zero-order valence-corrected chi connectivity index (χ0v) is 17.3. The second-order valence-electron chi connectivity index (χ2n) is 6.75. The minimum Gasteiger partial charge on any atom is -0.370 e. The number of benzene rings is 1. The molecule has 1 fully saturated rings. The van der Waals surface area contributed by atoms with E-state index in [2.05, 4.69) is 39.1 Å². The molecule has 1 aromatic carbocycles. The van der Waals surface area contributed by atoms with Crippen LogP contribution in [0.1, 0.15) is 5.69 Å². The number of anilines is 2. The lowest BCUT2D eigenvalue weighted by atomic mass is 9.97. The molecular formula is C20H21N5OS2. The van der Waals surface area contributed by atoms with Gasteiger partial charge < -0.3 is 4.90 Å². The molecule has 28 heavy (non-hydrogen) atoms. The SMILES string of the molecule is Cc1nc(N(C)C(=O)C2CN(c3ccc(-c4ccccn4)cc3)C2)sc1SN. The first kappa shape index (κ1) is 18.9. The van der Waals surface area contributed by atoms with E-state index in [0.717, 1.165) is 39.9 Å². The van der Waals surface area contributed by atoms with Gasteiger partial charge in [-0.2, -0.15) is 0 Å². The summed E-state index contributed by atoms with van der Waals surface area (Å²) in [7, 11) is 1.79. The topological polar surface area (TPSA) is 75.4 Å². The molecule has 4 rings (SSSR count). The number of carbonyl (C=O) groups excluding carboxylic acids is 1. The molecule has 0 atom stereocenters. The Kier molecular flexibility index (Phi) is 5.34. The highest BCUT2D eigenvalue weighted by Gasteiger charge is 2.35. The molecule has 3 heterocycles. The number of aryl methyl sites for hydroxylation is 1. The van der Waals surface area contributed by atoms with Crippen LogP contribution >= 0.6 is 23.3 Å². The molecule has 144 valence electrons. The van der Waals surface area contributed by atoms with Gasteiger partial charge in [-0.3, -0.25) is 19.8 Å². The maximum absolute atomic E-state index is 12.8. The molecule has 3 aromatic rings. The van der Waals surface area contributed by atoms with E-state index in [1.807, 2.05) is 25.1 Å². The second kappa shape index (κ2) is 7.90. The molecule has 6 nitrogen and oxygen atoms in total. The molecule has 2 aromatic heterocycles. The highest BCUT2D eigenvalue weighted by molar-refractivity contribution is 7.99. The second-order valence-corrected chi connectivity index (χ2v) is 8.63. The summed E-state index contributed by atoms with van der Waals surface area (Å²) in [4.78, 5) is 25.5. The van der Waals surface area contributed by atoms with E-state index < -0.39 is 0 Å². The van der Waals surface area contributed by atoms with Crippen molar-refractivity contribution in [1.29, 1.82) is 0 Å². The standard InChI is InChI=1S/C20H21N5OS2/c1-13-19(28-21)27-20(23-13)24(2)18(26)15-11-25(12-15)16-8-6-14(7-9-16)17-5-3-4-10-22-17/h3-10,15H,11-12,21H2,1-2H3. The van der Waals surface area contributed by atoms with Gasteiger partial charge in [-0.1, -0.05) is 29.5 Å². The third-order valence-corrected chi connectivity index (χ3v) is 6.97. The zero-order chi connectivity index (χ0) is 19.7. The van der Waals surface area contributed by atoms with Gasteiger partial charge in [-0.05, 0) is 43.1 Å². The first-order chi connectivity index (χ1) is 13.6. The maximum atomic E-state index is 12.8. The van der Waals surface area contributed by atoms with E-state index in [0.29, 0.717) is 5.13 Å². The fourth-order valence-corrected chi connectivity index (χ4v) is 4.61. The van der Waals surface area contributed by atoms with E-state index >= 15 is 0 Å². The summed E-state index contributed by atoms with van der Waals surface area (Å²) >= 11 is 2.63. The molecule has 0 spiro atoms. The first-order valence-electron chi connectivity index (χ1n) is 8.95. The van der Waals surface area contributed by atoms with Crippen molar-refractivity contribution in [3.63, 3.8) is 0 Å². The molecule has 0 unspecified atom stereocenters. The van der Waals surface area contributed by atoms with Gasteiger partial charge in [0.05, 0.1) is 21.5 Å². The van der Waals surface area contributed by atoms with Gasteiger partial charge in [0, 0.05) is 37.6 Å². The predicted molar refractivity (Wildman–Crippen MR) is 116 cm³/mol. The van der Waals surface area contributed by atoms with Crippen LogP contribution < -0.4 is 14.9 Å². The highest BCUT2D eigenvalue weighted by Crippen LogP contribution is 2.33. The Labute approximate surface area is 172 Å². The van der Waals surface area contributed by atoms with E-state index in [9.17, 15) is 4.79 Å². The van der Waals surface area contributed by atoms with E-state index in [1.54, 1.807) is 18.1 Å². The van der Waals surface area contributed by atoms with Crippen LogP contribution in [0.4, 0.5) is 10.8 Å². The predicted octanol–water partition coefficient (Wildman–Crippen LogP) is 3.58. The lowest BCUT2D eigenvalue weighted by Crippen LogP contribution is -2.54. The molecule has 0 bridgehead atoms. The average molecular weight is 412 g/mol. The van der Waals surface area contributed by atoms with Crippen molar-refractivity contribution in [2.24, 2.45) is 11.1 Å². The number of rotatable bonds is 5. The van der Waals surface area contributed by atoms with Crippen molar-refractivity contribution in [1.82, 2.24) is 9.97 Å². The summed E-state index contributed by atoms with van der Waals surface area (Å²) < 4.78 is 0.942. The van der Waals surface area contributed by atoms with Crippen LogP contribution in [0.2, 0.25) is 0 Å². The van der Waals surface area contributed by atoms with Crippen molar-refractivity contribution < 1.29 is 4.79 Å². The summed E-state index contributed by atoms with van der Waals surface area (Å²) in [5.74, 6) is 0.0855. The Morgan fingerprint density at radius 1 is 1.25 bits per heavy atom. The van der Waals surface area contributed by atoms with Crippen molar-refractivity contribution in [2.75, 3.05) is 29.9 Å². The third kappa shape index (κ3) is 3.63. The smallest absolute Gasteiger partial charge is 0.235 e. The van der Waals surface area contributed by atoms with Crippen molar-refractivity contribution in [3.8, 4) is 11.3 Å². The Morgan fingerprint density at radius 3 is 2.61 bits per heavy atom. The average Bonchev–Trinajstić information content (AvgIpc) is 3.08. The summed E-state index contributed by atoms with van der Waals surface area (Å²) in [6.07, 6.45) is 1.80. The number of hydrogen-bond acceptors (Lipinski definition) is 7. The van der Waals surface area contributed by atoms with Crippen molar-refractivity contribution >= 4 is 40.0 Å². The van der Waals surface area contributed by atoms with Crippen LogP contribution in [0.15, 0.2) is 52.9 Å². The Bertz CT molecular complexity index is 968. The number of nitrogens with two attached hydrogens (primary N) is 1. The lowest BCUT2D eigenvalue weighted by molar-refractivity contribution is -0.122. The molecule has 0 saturated carbocycles. The van der Waals surface area contributed by atoms with Gasteiger partial charge in [-0.15, -0.1) is 0 Å². The van der Waals surface area contributed by atoms with Crippen LogP contribution in [-0.2, 0) is 4.79 Å². The largest absolute Gasteiger partial charge is 0.370 e. The summed E-state index contributed by atoms with van der Waals surface area (Å²) in [6.45, 7) is 3.34. The highest BCUT2D eigenvalue weighted by atomic mass is 32.2. The molecular weight excluding hydrogens is 390 g/mol. The Morgan fingerprint density at radius 2 is 2.00 bits per heavy atom. The molecule has 8 heteroatoms. The van der Waals surface area contributed by atoms with Crippen LogP contribution in [0.3, 0.4) is 0 Å². The van der Waals surface area contributed by atoms with Gasteiger partial charge in [0.1, 0.15) is 0 Å². The zero-order valence-electron chi connectivity index (χ0n) is 15.7. The van der Waals surface area contributed by atoms with Gasteiger partial charge in [0.2, 0.25) is 5.91 Å². The monoisotopic (exact) mass is 411 g/mol. The first-order valence-corrected chi connectivity index (χ1v) is 10.6. The number of thiazole rings is 1. The number of aromatic nitrogens is 2. The fourth-order valence-electron chi connectivity index (χ4n) is 3.21. The van der Waals surface area contributed by atoms with Crippen LogP contribution in [0.25, 0.3) is 11.3 Å². The molecule has 2 N–H and O–H groups in total. The maximum Gasteiger partial charge on any atom is 0.235 e. The van der Waals surface area contributed by atoms with Crippen LogP contribution in [0.5, 0.6) is 0 Å². The fraction of sp³-hybridized carbons (Fsp3) is 0.250. The van der Waals surface area contributed by atoms with Gasteiger partial charge in [0.15, 0.2) is 5.13 Å². The Balaban J connectivity index is 1.38. The van der Waals surface area contributed by atoms with E-state index in [4.69, 9.17) is 5.14 Å². The van der Waals surface area contributed by atoms with Crippen LogP contribution in [0, 0.1) is 12.8 Å². The van der Waals surface area contributed by atoms with Crippen molar-refractivity contribution in [3.05, 3.63) is 54.4 Å². The molecule has 0 aliphatic carbocycles. The van der Waals surface area contributed by atoms with E-state index in [1.165, 1.54) is 23.3 Å². The van der Waals surface area contributed by atoms with Gasteiger partial charge in [-0.25, -0.2) is 4.98 Å². The molecule has 1 aliphatic heterocycles. The number of carbonyl (C=O) groups is 1. The molecule has 1 aliphatic rings. The van der Waals surface area contributed by atoms with Gasteiger partial charge in [0.25, 0.3) is 0 Å². The molecule has 1 saturated heterocycles.